The molecule has 0 saturated carbocycles. The summed E-state index contributed by atoms with van der Waals surface area (Å²) >= 11 is 6.05. The predicted molar refractivity (Wildman–Crippen MR) is 76.0 cm³/mol. The molecule has 0 spiro atoms. The number of aryl methyl sites for hydroxylation is 1. The van der Waals surface area contributed by atoms with Gasteiger partial charge in [0.15, 0.2) is 0 Å². The van der Waals surface area contributed by atoms with Gasteiger partial charge in [0, 0.05) is 11.4 Å². The van der Waals surface area contributed by atoms with Gasteiger partial charge in [-0.15, -0.1) is 0 Å². The molecule has 1 rings (SSSR count). The molecule has 1 unspecified atom stereocenters. The Labute approximate surface area is 122 Å². The van der Waals surface area contributed by atoms with E-state index in [0.717, 1.165) is 5.56 Å². The van der Waals surface area contributed by atoms with Crippen LogP contribution in [0.25, 0.3) is 0 Å². The average molecular weight is 298 g/mol. The highest BCUT2D eigenvalue weighted by molar-refractivity contribution is 6.31. The van der Waals surface area contributed by atoms with E-state index in [1.807, 2.05) is 13.0 Å². The summed E-state index contributed by atoms with van der Waals surface area (Å²) in [5.41, 5.74) is 1.62. The maximum absolute atomic E-state index is 11.4. The van der Waals surface area contributed by atoms with Crippen molar-refractivity contribution in [2.24, 2.45) is 0 Å². The first-order chi connectivity index (χ1) is 9.43. The Kier molecular flexibility index (Phi) is 6.06. The van der Waals surface area contributed by atoms with E-state index < -0.39 is 18.1 Å². The van der Waals surface area contributed by atoms with E-state index in [4.69, 9.17) is 21.4 Å². The molecule has 0 bridgehead atoms. The van der Waals surface area contributed by atoms with Crippen LogP contribution < -0.4 is 5.32 Å². The molecule has 6 heteroatoms. The molecule has 0 aliphatic rings. The van der Waals surface area contributed by atoms with Crippen LogP contribution in [0.5, 0.6) is 0 Å². The average Bonchev–Trinajstić information content (AvgIpc) is 2.38. The number of benzene rings is 1. The molecular formula is C14H16ClNO4. The smallest absolute Gasteiger partial charge is 0.408 e. The molecule has 20 heavy (non-hydrogen) atoms. The first-order valence-electron chi connectivity index (χ1n) is 5.96. The number of carboxylic acids is 1. The van der Waals surface area contributed by atoms with Gasteiger partial charge in [-0.3, -0.25) is 0 Å². The van der Waals surface area contributed by atoms with Gasteiger partial charge in [-0.1, -0.05) is 36.4 Å². The summed E-state index contributed by atoms with van der Waals surface area (Å²) in [5, 5.41) is 11.9. The van der Waals surface area contributed by atoms with Crippen molar-refractivity contribution in [2.45, 2.75) is 19.4 Å². The van der Waals surface area contributed by atoms with Crippen molar-refractivity contribution in [2.75, 3.05) is 6.61 Å². The normalized spacial score (nSPS) is 11.5. The predicted octanol–water partition coefficient (Wildman–Crippen LogP) is 2.56. The second-order valence-electron chi connectivity index (χ2n) is 4.22. The number of rotatable bonds is 6. The number of carboxylic acid groups (broad SMARTS) is 1. The SMILES string of the molecule is C=CCOC(=O)NC(Cc1ccc(C)cc1Cl)C(=O)O. The molecule has 1 atom stereocenters. The summed E-state index contributed by atoms with van der Waals surface area (Å²) in [7, 11) is 0. The summed E-state index contributed by atoms with van der Waals surface area (Å²) in [6, 6.07) is 4.21. The van der Waals surface area contributed by atoms with E-state index in [1.54, 1.807) is 12.1 Å². The third kappa shape index (κ3) is 4.93. The van der Waals surface area contributed by atoms with E-state index in [0.29, 0.717) is 10.6 Å². The third-order valence-electron chi connectivity index (χ3n) is 2.56. The summed E-state index contributed by atoms with van der Waals surface area (Å²) in [4.78, 5) is 22.5. The van der Waals surface area contributed by atoms with Crippen LogP contribution in [0.1, 0.15) is 11.1 Å². The Balaban J connectivity index is 2.74. The Bertz CT molecular complexity index is 516. The number of amides is 1. The van der Waals surface area contributed by atoms with Crippen LogP contribution in [0.2, 0.25) is 5.02 Å². The monoisotopic (exact) mass is 297 g/mol. The molecule has 0 saturated heterocycles. The van der Waals surface area contributed by atoms with Crippen molar-refractivity contribution in [1.82, 2.24) is 5.32 Å². The van der Waals surface area contributed by atoms with Crippen LogP contribution in [0.3, 0.4) is 0 Å². The van der Waals surface area contributed by atoms with Crippen molar-refractivity contribution in [3.8, 4) is 0 Å². The van der Waals surface area contributed by atoms with Gasteiger partial charge in [0.05, 0.1) is 0 Å². The molecule has 0 heterocycles. The van der Waals surface area contributed by atoms with Gasteiger partial charge < -0.3 is 15.2 Å². The second kappa shape index (κ2) is 7.55. The summed E-state index contributed by atoms with van der Waals surface area (Å²) in [5.74, 6) is -1.16. The van der Waals surface area contributed by atoms with Gasteiger partial charge >= 0.3 is 12.1 Å². The Hall–Kier alpha value is -2.01. The van der Waals surface area contributed by atoms with Gasteiger partial charge in [-0.2, -0.15) is 0 Å². The third-order valence-corrected chi connectivity index (χ3v) is 2.91. The molecule has 5 nitrogen and oxygen atoms in total. The molecule has 0 radical (unpaired) electrons. The molecule has 1 aromatic rings. The van der Waals surface area contributed by atoms with Crippen molar-refractivity contribution in [3.63, 3.8) is 0 Å². The van der Waals surface area contributed by atoms with Crippen molar-refractivity contribution < 1.29 is 19.4 Å². The lowest BCUT2D eigenvalue weighted by atomic mass is 10.0. The zero-order chi connectivity index (χ0) is 15.1. The number of ether oxygens (including phenoxy) is 1. The van der Waals surface area contributed by atoms with Gasteiger partial charge in [0.1, 0.15) is 12.6 Å². The standard InChI is InChI=1S/C14H16ClNO4/c1-3-6-20-14(19)16-12(13(17)18)8-10-5-4-9(2)7-11(10)15/h3-5,7,12H,1,6,8H2,2H3,(H,16,19)(H,17,18). The number of hydrogen-bond acceptors (Lipinski definition) is 3. The number of aliphatic carboxylic acids is 1. The molecule has 1 amide bonds. The van der Waals surface area contributed by atoms with Crippen LogP contribution in [0, 0.1) is 6.92 Å². The number of halogens is 1. The van der Waals surface area contributed by atoms with Crippen molar-refractivity contribution in [3.05, 3.63) is 47.0 Å². The topological polar surface area (TPSA) is 75.6 Å². The van der Waals surface area contributed by atoms with E-state index >= 15 is 0 Å². The fraction of sp³-hybridized carbons (Fsp3) is 0.286. The van der Waals surface area contributed by atoms with E-state index in [-0.39, 0.29) is 13.0 Å². The maximum atomic E-state index is 11.4. The zero-order valence-corrected chi connectivity index (χ0v) is 11.8. The number of alkyl carbamates (subject to hydrolysis) is 1. The van der Waals surface area contributed by atoms with Crippen LogP contribution in [-0.2, 0) is 16.0 Å². The minimum atomic E-state index is -1.16. The highest BCUT2D eigenvalue weighted by atomic mass is 35.5. The second-order valence-corrected chi connectivity index (χ2v) is 4.63. The van der Waals surface area contributed by atoms with Crippen molar-refractivity contribution >= 4 is 23.7 Å². The zero-order valence-electron chi connectivity index (χ0n) is 11.1. The molecule has 0 aromatic heterocycles. The molecule has 2 N–H and O–H groups in total. The summed E-state index contributed by atoms with van der Waals surface area (Å²) in [6.07, 6.45) is 0.671. The van der Waals surface area contributed by atoms with Crippen LogP contribution >= 0.6 is 11.6 Å². The maximum Gasteiger partial charge on any atom is 0.408 e. The van der Waals surface area contributed by atoms with Gasteiger partial charge in [-0.25, -0.2) is 9.59 Å². The van der Waals surface area contributed by atoms with Gasteiger partial charge in [0.2, 0.25) is 0 Å². The Morgan fingerprint density at radius 3 is 2.80 bits per heavy atom. The van der Waals surface area contributed by atoms with E-state index in [2.05, 4.69) is 11.9 Å². The van der Waals surface area contributed by atoms with Gasteiger partial charge in [0.25, 0.3) is 0 Å². The number of carbonyl (C=O) groups excluding carboxylic acids is 1. The summed E-state index contributed by atoms with van der Waals surface area (Å²) < 4.78 is 4.69. The number of carbonyl (C=O) groups is 2. The van der Waals surface area contributed by atoms with Gasteiger partial charge in [-0.05, 0) is 24.1 Å². The first kappa shape index (κ1) is 16.0. The largest absolute Gasteiger partial charge is 0.480 e. The fourth-order valence-corrected chi connectivity index (χ4v) is 1.87. The number of nitrogens with one attached hydrogen (secondary N) is 1. The van der Waals surface area contributed by atoms with Crippen LogP contribution in [-0.4, -0.2) is 29.8 Å². The fourth-order valence-electron chi connectivity index (χ4n) is 1.56. The molecule has 1 aromatic carbocycles. The quantitative estimate of drug-likeness (QED) is 0.791. The van der Waals surface area contributed by atoms with Crippen LogP contribution in [0.4, 0.5) is 4.79 Å². The lowest BCUT2D eigenvalue weighted by molar-refractivity contribution is -0.139. The molecule has 0 aliphatic heterocycles. The summed E-state index contributed by atoms with van der Waals surface area (Å²) in [6.45, 7) is 5.30. The minimum absolute atomic E-state index is 0.0173. The highest BCUT2D eigenvalue weighted by Gasteiger charge is 2.22. The lowest BCUT2D eigenvalue weighted by Crippen LogP contribution is -2.42. The van der Waals surface area contributed by atoms with E-state index in [1.165, 1.54) is 6.08 Å². The van der Waals surface area contributed by atoms with E-state index in [9.17, 15) is 9.59 Å². The van der Waals surface area contributed by atoms with Crippen molar-refractivity contribution in [1.29, 1.82) is 0 Å². The van der Waals surface area contributed by atoms with Crippen LogP contribution in [0.15, 0.2) is 30.9 Å². The highest BCUT2D eigenvalue weighted by Crippen LogP contribution is 2.19. The Morgan fingerprint density at radius 1 is 1.55 bits per heavy atom. The molecule has 108 valence electrons. The first-order valence-corrected chi connectivity index (χ1v) is 6.34. The minimum Gasteiger partial charge on any atom is -0.480 e. The lowest BCUT2D eigenvalue weighted by Gasteiger charge is -2.15. The molecular weight excluding hydrogens is 282 g/mol. The molecule has 0 aliphatic carbocycles. The Morgan fingerprint density at radius 2 is 2.25 bits per heavy atom. The molecule has 0 fully saturated rings. The number of hydrogen-bond donors (Lipinski definition) is 2.